The normalized spacial score (nSPS) is 8.57. The van der Waals surface area contributed by atoms with Crippen LogP contribution in [-0.4, -0.2) is 16.8 Å². The smallest absolute Gasteiger partial charge is 0.0870 e. The molecule has 0 atom stereocenters. The van der Waals surface area contributed by atoms with Crippen LogP contribution < -0.4 is 0 Å². The van der Waals surface area contributed by atoms with E-state index in [1.54, 1.807) is 0 Å². The first-order valence-electron chi connectivity index (χ1n) is 2.64. The fraction of sp³-hybridized carbons (Fsp3) is 0.600. The third-order valence-electron chi connectivity index (χ3n) is 0.734. The molecule has 0 saturated carbocycles. The summed E-state index contributed by atoms with van der Waals surface area (Å²) >= 11 is 0. The molecular weight excluding hydrogens is 104 g/mol. The first-order valence-corrected chi connectivity index (χ1v) is 4.05. The Kier molecular flexibility index (Phi) is 5.56. The van der Waals surface area contributed by atoms with E-state index in [9.17, 15) is 0 Å². The van der Waals surface area contributed by atoms with Crippen molar-refractivity contribution in [2.75, 3.05) is 6.61 Å². The van der Waals surface area contributed by atoms with Crippen molar-refractivity contribution in [2.45, 2.75) is 12.5 Å². The highest BCUT2D eigenvalue weighted by molar-refractivity contribution is 6.08. The van der Waals surface area contributed by atoms with Crippen LogP contribution in [0.2, 0.25) is 6.04 Å². The molecule has 2 heteroatoms. The highest BCUT2D eigenvalue weighted by Gasteiger charge is 1.76. The minimum atomic E-state index is 0.854. The predicted molar refractivity (Wildman–Crippen MR) is 35.5 cm³/mol. The van der Waals surface area contributed by atoms with Crippen molar-refractivity contribution in [3.05, 3.63) is 12.8 Å². The summed E-state index contributed by atoms with van der Waals surface area (Å²) in [5.41, 5.74) is 0. The Morgan fingerprint density at radius 3 is 2.86 bits per heavy atom. The second-order valence-corrected chi connectivity index (χ2v) is 2.39. The maximum Gasteiger partial charge on any atom is 0.0870 e. The van der Waals surface area contributed by atoms with E-state index < -0.39 is 0 Å². The molecule has 0 heterocycles. The van der Waals surface area contributed by atoms with Crippen LogP contribution in [0.1, 0.15) is 6.42 Å². The second kappa shape index (κ2) is 5.76. The average Bonchev–Trinajstić information content (AvgIpc) is 1.69. The number of rotatable bonds is 4. The molecule has 0 bridgehead atoms. The van der Waals surface area contributed by atoms with Gasteiger partial charge in [0.15, 0.2) is 0 Å². The molecule has 0 aliphatic carbocycles. The summed E-state index contributed by atoms with van der Waals surface area (Å²) in [6.07, 6.45) is 2.69. The maximum atomic E-state index is 4.86. The predicted octanol–water partition coefficient (Wildman–Crippen LogP) is 0.320. The van der Waals surface area contributed by atoms with E-state index in [0.29, 0.717) is 0 Å². The zero-order valence-electron chi connectivity index (χ0n) is 4.81. The van der Waals surface area contributed by atoms with Crippen molar-refractivity contribution < 1.29 is 4.74 Å². The van der Waals surface area contributed by atoms with E-state index >= 15 is 0 Å². The van der Waals surface area contributed by atoms with Crippen LogP contribution >= 0.6 is 0 Å². The number of ether oxygens (including phenoxy) is 1. The van der Waals surface area contributed by atoms with Crippen molar-refractivity contribution in [1.82, 2.24) is 0 Å². The lowest BCUT2D eigenvalue weighted by Gasteiger charge is -1.93. The van der Waals surface area contributed by atoms with Gasteiger partial charge in [-0.15, -0.1) is 0 Å². The Bertz CT molecular complexity index is 45.3. The molecule has 0 rings (SSSR count). The van der Waals surface area contributed by atoms with Gasteiger partial charge in [0.1, 0.15) is 0 Å². The molecule has 0 aromatic carbocycles. The standard InChI is InChI=1S/C5H12OSi/c1-2-6-4-3-5-7/h2H,1,3-5H2,7H3. The SMILES string of the molecule is C=COCCC[SiH3]. The van der Waals surface area contributed by atoms with Crippen molar-refractivity contribution in [3.63, 3.8) is 0 Å². The van der Waals surface area contributed by atoms with Gasteiger partial charge in [-0.3, -0.25) is 0 Å². The van der Waals surface area contributed by atoms with E-state index in [-0.39, 0.29) is 0 Å². The van der Waals surface area contributed by atoms with Crippen molar-refractivity contribution in [2.24, 2.45) is 0 Å². The van der Waals surface area contributed by atoms with Gasteiger partial charge in [0.05, 0.1) is 12.9 Å². The Labute approximate surface area is 47.8 Å². The third kappa shape index (κ3) is 5.76. The highest BCUT2D eigenvalue weighted by Crippen LogP contribution is 1.84. The van der Waals surface area contributed by atoms with Gasteiger partial charge in [-0.2, -0.15) is 0 Å². The van der Waals surface area contributed by atoms with E-state index in [2.05, 4.69) is 6.58 Å². The van der Waals surface area contributed by atoms with Crippen LogP contribution in [0, 0.1) is 0 Å². The first-order chi connectivity index (χ1) is 3.41. The van der Waals surface area contributed by atoms with Crippen LogP contribution in [0.4, 0.5) is 0 Å². The van der Waals surface area contributed by atoms with Gasteiger partial charge in [-0.1, -0.05) is 12.6 Å². The first kappa shape index (κ1) is 6.76. The Balaban J connectivity index is 2.56. The monoisotopic (exact) mass is 116 g/mol. The fourth-order valence-electron chi connectivity index (χ4n) is 0.311. The Morgan fingerprint density at radius 2 is 2.43 bits per heavy atom. The highest BCUT2D eigenvalue weighted by atomic mass is 28.1. The molecular formula is C5H12OSi. The molecule has 0 radical (unpaired) electrons. The van der Waals surface area contributed by atoms with Gasteiger partial charge in [0.2, 0.25) is 0 Å². The number of hydrogen-bond donors (Lipinski definition) is 0. The summed E-state index contributed by atoms with van der Waals surface area (Å²) in [6, 6.07) is 1.33. The van der Waals surface area contributed by atoms with Gasteiger partial charge in [0.25, 0.3) is 0 Å². The molecule has 0 aliphatic heterocycles. The Hall–Kier alpha value is -0.243. The lowest BCUT2D eigenvalue weighted by Crippen LogP contribution is -1.84. The van der Waals surface area contributed by atoms with Crippen LogP contribution in [0.25, 0.3) is 0 Å². The minimum absolute atomic E-state index is 0.854. The largest absolute Gasteiger partial charge is 0.502 e. The van der Waals surface area contributed by atoms with E-state index in [1.165, 1.54) is 29.0 Å². The summed E-state index contributed by atoms with van der Waals surface area (Å²) in [6.45, 7) is 4.28. The van der Waals surface area contributed by atoms with E-state index in [4.69, 9.17) is 4.74 Å². The second-order valence-electron chi connectivity index (χ2n) is 1.39. The molecule has 0 saturated heterocycles. The van der Waals surface area contributed by atoms with Gasteiger partial charge in [0, 0.05) is 10.2 Å². The van der Waals surface area contributed by atoms with Crippen molar-refractivity contribution in [3.8, 4) is 0 Å². The van der Waals surface area contributed by atoms with Crippen LogP contribution in [-0.2, 0) is 4.74 Å². The van der Waals surface area contributed by atoms with Crippen LogP contribution in [0.15, 0.2) is 12.8 Å². The minimum Gasteiger partial charge on any atom is -0.502 e. The summed E-state index contributed by atoms with van der Waals surface area (Å²) in [7, 11) is 1.29. The topological polar surface area (TPSA) is 9.23 Å². The quantitative estimate of drug-likeness (QED) is 0.292. The zero-order chi connectivity index (χ0) is 5.54. The van der Waals surface area contributed by atoms with E-state index in [1.807, 2.05) is 0 Å². The van der Waals surface area contributed by atoms with Gasteiger partial charge < -0.3 is 4.74 Å². The fourth-order valence-corrected chi connectivity index (χ4v) is 0.600. The van der Waals surface area contributed by atoms with Crippen molar-refractivity contribution >= 4 is 10.2 Å². The molecule has 0 aromatic heterocycles. The summed E-state index contributed by atoms with van der Waals surface area (Å²) in [4.78, 5) is 0. The molecule has 0 aromatic rings. The molecule has 0 N–H and O–H groups in total. The van der Waals surface area contributed by atoms with Crippen LogP contribution in [0.3, 0.4) is 0 Å². The Morgan fingerprint density at radius 1 is 1.71 bits per heavy atom. The van der Waals surface area contributed by atoms with Gasteiger partial charge in [-0.25, -0.2) is 0 Å². The number of hydrogen-bond acceptors (Lipinski definition) is 1. The molecule has 1 nitrogen and oxygen atoms in total. The maximum absolute atomic E-state index is 4.86. The zero-order valence-corrected chi connectivity index (χ0v) is 6.81. The van der Waals surface area contributed by atoms with Crippen LogP contribution in [0.5, 0.6) is 0 Å². The summed E-state index contributed by atoms with van der Waals surface area (Å²) in [5.74, 6) is 0. The summed E-state index contributed by atoms with van der Waals surface area (Å²) in [5, 5.41) is 0. The van der Waals surface area contributed by atoms with Crippen molar-refractivity contribution in [1.29, 1.82) is 0 Å². The molecule has 0 spiro atoms. The van der Waals surface area contributed by atoms with E-state index in [0.717, 1.165) is 6.61 Å². The third-order valence-corrected chi connectivity index (χ3v) is 1.44. The van der Waals surface area contributed by atoms with Gasteiger partial charge >= 0.3 is 0 Å². The van der Waals surface area contributed by atoms with Gasteiger partial charge in [-0.05, 0) is 6.42 Å². The molecule has 7 heavy (non-hydrogen) atoms. The summed E-state index contributed by atoms with van der Waals surface area (Å²) < 4.78 is 4.86. The molecule has 0 aliphatic rings. The lowest BCUT2D eigenvalue weighted by atomic mass is 10.5. The molecule has 42 valence electrons. The average molecular weight is 116 g/mol. The lowest BCUT2D eigenvalue weighted by molar-refractivity contribution is 0.251. The molecule has 0 unspecified atom stereocenters. The molecule has 0 amide bonds. The molecule has 0 fully saturated rings.